The Bertz CT molecular complexity index is 520. The number of hydrogen-bond acceptors (Lipinski definition) is 7. The minimum absolute atomic E-state index is 0.107. The van der Waals surface area contributed by atoms with Crippen LogP contribution in [0.4, 0.5) is 0 Å². The molecular formula is C13H20N4O2S. The third-order valence-electron chi connectivity index (χ3n) is 2.78. The summed E-state index contributed by atoms with van der Waals surface area (Å²) >= 11 is 1.56. The topological polar surface area (TPSA) is 87.1 Å². The van der Waals surface area contributed by atoms with E-state index in [1.807, 2.05) is 12.3 Å². The quantitative estimate of drug-likeness (QED) is 0.805. The third kappa shape index (κ3) is 3.62. The van der Waals surface area contributed by atoms with E-state index in [9.17, 15) is 0 Å². The molecule has 110 valence electrons. The highest BCUT2D eigenvalue weighted by molar-refractivity contribution is 7.09. The highest BCUT2D eigenvalue weighted by Crippen LogP contribution is 2.25. The Hall–Kier alpha value is -1.31. The van der Waals surface area contributed by atoms with Gasteiger partial charge in [0.25, 0.3) is 5.89 Å². The first-order valence-electron chi connectivity index (χ1n) is 6.88. The molecule has 2 N–H and O–H groups in total. The van der Waals surface area contributed by atoms with Gasteiger partial charge in [-0.3, -0.25) is 0 Å². The molecule has 0 fully saturated rings. The smallest absolute Gasteiger partial charge is 0.277 e. The van der Waals surface area contributed by atoms with Crippen molar-refractivity contribution < 1.29 is 9.26 Å². The van der Waals surface area contributed by atoms with Gasteiger partial charge in [0.2, 0.25) is 5.82 Å². The zero-order valence-corrected chi connectivity index (χ0v) is 12.7. The van der Waals surface area contributed by atoms with Gasteiger partial charge in [-0.25, -0.2) is 4.98 Å². The maximum atomic E-state index is 5.64. The summed E-state index contributed by atoms with van der Waals surface area (Å²) in [5.41, 5.74) is 6.23. The summed E-state index contributed by atoms with van der Waals surface area (Å²) in [5, 5.41) is 6.91. The molecule has 2 aromatic heterocycles. The molecule has 0 aliphatic rings. The van der Waals surface area contributed by atoms with Crippen LogP contribution >= 0.6 is 11.3 Å². The summed E-state index contributed by atoms with van der Waals surface area (Å²) in [4.78, 5) is 8.84. The van der Waals surface area contributed by atoms with Gasteiger partial charge in [-0.2, -0.15) is 4.98 Å². The van der Waals surface area contributed by atoms with E-state index in [0.29, 0.717) is 30.6 Å². The SMILES string of the molecule is CCCC(OCC)c1noc(-c2csc(CCN)n2)n1. The molecule has 0 aliphatic heterocycles. The predicted octanol–water partition coefficient (Wildman–Crippen LogP) is 2.57. The summed E-state index contributed by atoms with van der Waals surface area (Å²) in [6.45, 7) is 5.28. The molecular weight excluding hydrogens is 276 g/mol. The first-order valence-corrected chi connectivity index (χ1v) is 7.76. The van der Waals surface area contributed by atoms with Crippen LogP contribution in [0.2, 0.25) is 0 Å². The molecule has 2 heterocycles. The Morgan fingerprint density at radius 3 is 2.95 bits per heavy atom. The molecule has 0 aromatic carbocycles. The van der Waals surface area contributed by atoms with Crippen molar-refractivity contribution in [3.05, 3.63) is 16.2 Å². The fraction of sp³-hybridized carbons (Fsp3) is 0.615. The number of rotatable bonds is 8. The van der Waals surface area contributed by atoms with E-state index >= 15 is 0 Å². The maximum Gasteiger partial charge on any atom is 0.277 e. The minimum atomic E-state index is -0.107. The lowest BCUT2D eigenvalue weighted by atomic mass is 10.2. The fourth-order valence-electron chi connectivity index (χ4n) is 1.87. The van der Waals surface area contributed by atoms with Crippen molar-refractivity contribution in [1.29, 1.82) is 0 Å². The molecule has 7 heteroatoms. The lowest BCUT2D eigenvalue weighted by Crippen LogP contribution is -2.06. The van der Waals surface area contributed by atoms with Crippen molar-refractivity contribution >= 4 is 11.3 Å². The molecule has 0 spiro atoms. The van der Waals surface area contributed by atoms with Gasteiger partial charge in [0, 0.05) is 18.4 Å². The number of ether oxygens (including phenoxy) is 1. The number of nitrogens with two attached hydrogens (primary N) is 1. The van der Waals surface area contributed by atoms with Gasteiger partial charge in [-0.05, 0) is 19.9 Å². The van der Waals surface area contributed by atoms with Gasteiger partial charge in [-0.1, -0.05) is 18.5 Å². The largest absolute Gasteiger partial charge is 0.370 e. The molecule has 1 unspecified atom stereocenters. The average molecular weight is 296 g/mol. The summed E-state index contributed by atoms with van der Waals surface area (Å²) in [6, 6.07) is 0. The predicted molar refractivity (Wildman–Crippen MR) is 77.4 cm³/mol. The second-order valence-corrected chi connectivity index (χ2v) is 5.30. The second kappa shape index (κ2) is 7.47. The third-order valence-corrected chi connectivity index (χ3v) is 3.69. The van der Waals surface area contributed by atoms with Crippen LogP contribution in [0, 0.1) is 0 Å². The Kier molecular flexibility index (Phi) is 5.63. The van der Waals surface area contributed by atoms with E-state index in [4.69, 9.17) is 15.0 Å². The summed E-state index contributed by atoms with van der Waals surface area (Å²) in [7, 11) is 0. The van der Waals surface area contributed by atoms with E-state index in [-0.39, 0.29) is 6.10 Å². The highest BCUT2D eigenvalue weighted by atomic mass is 32.1. The zero-order chi connectivity index (χ0) is 14.4. The first-order chi connectivity index (χ1) is 9.78. The van der Waals surface area contributed by atoms with Crippen molar-refractivity contribution in [2.45, 2.75) is 39.2 Å². The van der Waals surface area contributed by atoms with Crippen LogP contribution < -0.4 is 5.73 Å². The molecule has 6 nitrogen and oxygen atoms in total. The van der Waals surface area contributed by atoms with E-state index in [1.54, 1.807) is 11.3 Å². The Morgan fingerprint density at radius 2 is 2.25 bits per heavy atom. The van der Waals surface area contributed by atoms with Crippen LogP contribution in [0.25, 0.3) is 11.6 Å². The van der Waals surface area contributed by atoms with Crippen LogP contribution in [0.3, 0.4) is 0 Å². The standard InChI is InChI=1S/C13H20N4O2S/c1-3-5-10(18-4-2)12-16-13(19-17-12)9-8-20-11(15-9)6-7-14/h8,10H,3-7,14H2,1-2H3. The van der Waals surface area contributed by atoms with Crippen LogP contribution in [-0.2, 0) is 11.2 Å². The first kappa shape index (κ1) is 15.1. The lowest BCUT2D eigenvalue weighted by molar-refractivity contribution is 0.0478. The van der Waals surface area contributed by atoms with Crippen LogP contribution in [-0.4, -0.2) is 28.3 Å². The highest BCUT2D eigenvalue weighted by Gasteiger charge is 2.19. The summed E-state index contributed by atoms with van der Waals surface area (Å²) < 4.78 is 10.9. The Morgan fingerprint density at radius 1 is 1.40 bits per heavy atom. The van der Waals surface area contributed by atoms with Gasteiger partial charge in [0.1, 0.15) is 11.8 Å². The molecule has 0 aliphatic carbocycles. The van der Waals surface area contributed by atoms with Gasteiger partial charge in [-0.15, -0.1) is 11.3 Å². The van der Waals surface area contributed by atoms with Gasteiger partial charge >= 0.3 is 0 Å². The maximum absolute atomic E-state index is 5.64. The van der Waals surface area contributed by atoms with Crippen LogP contribution in [0.5, 0.6) is 0 Å². The zero-order valence-electron chi connectivity index (χ0n) is 11.8. The van der Waals surface area contributed by atoms with E-state index in [2.05, 4.69) is 22.0 Å². The number of thiazole rings is 1. The van der Waals surface area contributed by atoms with Crippen molar-refractivity contribution in [2.75, 3.05) is 13.2 Å². The lowest BCUT2D eigenvalue weighted by Gasteiger charge is -2.10. The molecule has 1 atom stereocenters. The molecule has 0 saturated heterocycles. The van der Waals surface area contributed by atoms with Crippen molar-refractivity contribution in [3.8, 4) is 11.6 Å². The molecule has 0 saturated carbocycles. The normalized spacial score (nSPS) is 12.8. The van der Waals surface area contributed by atoms with Crippen molar-refractivity contribution in [3.63, 3.8) is 0 Å². The average Bonchev–Trinajstić information content (AvgIpc) is 3.07. The molecule has 2 aromatic rings. The number of nitrogens with zero attached hydrogens (tertiary/aromatic N) is 3. The summed E-state index contributed by atoms with van der Waals surface area (Å²) in [6.07, 6.45) is 2.54. The van der Waals surface area contributed by atoms with E-state index < -0.39 is 0 Å². The van der Waals surface area contributed by atoms with Crippen molar-refractivity contribution in [1.82, 2.24) is 15.1 Å². The van der Waals surface area contributed by atoms with Crippen LogP contribution in [0.15, 0.2) is 9.90 Å². The van der Waals surface area contributed by atoms with Gasteiger partial charge < -0.3 is 15.0 Å². The minimum Gasteiger partial charge on any atom is -0.370 e. The van der Waals surface area contributed by atoms with E-state index in [1.165, 1.54) is 0 Å². The molecule has 0 radical (unpaired) electrons. The van der Waals surface area contributed by atoms with Gasteiger partial charge in [0.15, 0.2) is 0 Å². The van der Waals surface area contributed by atoms with Gasteiger partial charge in [0.05, 0.1) is 5.01 Å². The molecule has 20 heavy (non-hydrogen) atoms. The van der Waals surface area contributed by atoms with Crippen molar-refractivity contribution in [2.24, 2.45) is 5.73 Å². The monoisotopic (exact) mass is 296 g/mol. The summed E-state index contributed by atoms with van der Waals surface area (Å²) in [5.74, 6) is 1.04. The van der Waals surface area contributed by atoms with Crippen LogP contribution in [0.1, 0.15) is 43.6 Å². The molecule has 0 bridgehead atoms. The number of hydrogen-bond donors (Lipinski definition) is 1. The second-order valence-electron chi connectivity index (χ2n) is 4.36. The Balaban J connectivity index is 2.13. The fourth-order valence-corrected chi connectivity index (χ4v) is 2.66. The Labute approximate surface area is 122 Å². The number of aromatic nitrogens is 3. The molecule has 2 rings (SSSR count). The molecule has 0 amide bonds. The van der Waals surface area contributed by atoms with E-state index in [0.717, 1.165) is 24.3 Å².